The van der Waals surface area contributed by atoms with Crippen molar-refractivity contribution in [2.75, 3.05) is 11.9 Å². The van der Waals surface area contributed by atoms with Gasteiger partial charge in [-0.1, -0.05) is 12.1 Å². The Hall–Kier alpha value is -2.70. The first kappa shape index (κ1) is 16.7. The molecule has 4 nitrogen and oxygen atoms in total. The standard InChI is InChI=1S/C16H15F3N2O2/c17-12-3-1-11(2-4-12)9-21-15(22)10-20-13-5-7-14(8-6-13)23-16(18)19/h1-8,16,20H,9-10H2,(H,21,22). The lowest BCUT2D eigenvalue weighted by atomic mass is 10.2. The van der Waals surface area contributed by atoms with E-state index in [4.69, 9.17) is 0 Å². The van der Waals surface area contributed by atoms with Crippen molar-refractivity contribution in [3.8, 4) is 5.75 Å². The third-order valence-corrected chi connectivity index (χ3v) is 2.94. The van der Waals surface area contributed by atoms with Crippen LogP contribution in [0.15, 0.2) is 48.5 Å². The molecule has 2 N–H and O–H groups in total. The molecule has 0 bridgehead atoms. The number of hydrogen-bond donors (Lipinski definition) is 2. The van der Waals surface area contributed by atoms with E-state index in [1.807, 2.05) is 0 Å². The predicted octanol–water partition coefficient (Wildman–Crippen LogP) is 3.16. The van der Waals surface area contributed by atoms with Crippen molar-refractivity contribution in [1.82, 2.24) is 5.32 Å². The van der Waals surface area contributed by atoms with Crippen molar-refractivity contribution in [2.45, 2.75) is 13.2 Å². The number of carbonyl (C=O) groups excluding carboxylic acids is 1. The van der Waals surface area contributed by atoms with E-state index in [0.717, 1.165) is 5.56 Å². The van der Waals surface area contributed by atoms with Crippen LogP contribution < -0.4 is 15.4 Å². The van der Waals surface area contributed by atoms with Crippen LogP contribution in [0.25, 0.3) is 0 Å². The van der Waals surface area contributed by atoms with Crippen LogP contribution in [0.4, 0.5) is 18.9 Å². The zero-order chi connectivity index (χ0) is 16.7. The van der Waals surface area contributed by atoms with E-state index in [9.17, 15) is 18.0 Å². The molecule has 0 aliphatic carbocycles. The van der Waals surface area contributed by atoms with Crippen molar-refractivity contribution in [3.63, 3.8) is 0 Å². The van der Waals surface area contributed by atoms with Crippen LogP contribution in [-0.4, -0.2) is 19.1 Å². The zero-order valence-electron chi connectivity index (χ0n) is 12.1. The van der Waals surface area contributed by atoms with E-state index in [2.05, 4.69) is 15.4 Å². The average molecular weight is 324 g/mol. The third-order valence-electron chi connectivity index (χ3n) is 2.94. The number of ether oxygens (including phenoxy) is 1. The smallest absolute Gasteiger partial charge is 0.387 e. The lowest BCUT2D eigenvalue weighted by molar-refractivity contribution is -0.119. The molecular weight excluding hydrogens is 309 g/mol. The first-order chi connectivity index (χ1) is 11.0. The predicted molar refractivity (Wildman–Crippen MR) is 79.8 cm³/mol. The van der Waals surface area contributed by atoms with Crippen LogP contribution in [0.3, 0.4) is 0 Å². The van der Waals surface area contributed by atoms with Gasteiger partial charge in [-0.05, 0) is 42.0 Å². The number of rotatable bonds is 7. The fraction of sp³-hybridized carbons (Fsp3) is 0.188. The molecule has 122 valence electrons. The Kier molecular flexibility index (Phi) is 5.85. The van der Waals surface area contributed by atoms with E-state index in [0.29, 0.717) is 12.2 Å². The van der Waals surface area contributed by atoms with Gasteiger partial charge in [0.2, 0.25) is 5.91 Å². The summed E-state index contributed by atoms with van der Waals surface area (Å²) in [5.74, 6) is -0.533. The first-order valence-corrected chi connectivity index (χ1v) is 6.83. The molecule has 0 aliphatic heterocycles. The maximum atomic E-state index is 12.7. The molecule has 2 rings (SSSR count). The van der Waals surface area contributed by atoms with Crippen molar-refractivity contribution in [1.29, 1.82) is 0 Å². The molecule has 0 aliphatic rings. The maximum Gasteiger partial charge on any atom is 0.387 e. The number of nitrogens with one attached hydrogen (secondary N) is 2. The van der Waals surface area contributed by atoms with Crippen LogP contribution in [0, 0.1) is 5.82 Å². The molecule has 7 heteroatoms. The van der Waals surface area contributed by atoms with Gasteiger partial charge >= 0.3 is 6.61 Å². The largest absolute Gasteiger partial charge is 0.435 e. The Bertz CT molecular complexity index is 631. The van der Waals surface area contributed by atoms with Crippen LogP contribution in [0.1, 0.15) is 5.56 Å². The normalized spacial score (nSPS) is 10.4. The molecule has 0 saturated carbocycles. The van der Waals surface area contributed by atoms with Crippen molar-refractivity contribution < 1.29 is 22.7 Å². The van der Waals surface area contributed by atoms with Crippen molar-refractivity contribution >= 4 is 11.6 Å². The summed E-state index contributed by atoms with van der Waals surface area (Å²) >= 11 is 0. The minimum absolute atomic E-state index is 0.0241. The topological polar surface area (TPSA) is 50.4 Å². The van der Waals surface area contributed by atoms with E-state index in [-0.39, 0.29) is 24.0 Å². The summed E-state index contributed by atoms with van der Waals surface area (Å²) in [5, 5.41) is 5.53. The average Bonchev–Trinajstić information content (AvgIpc) is 2.53. The van der Waals surface area contributed by atoms with Crippen LogP contribution >= 0.6 is 0 Å². The van der Waals surface area contributed by atoms with Gasteiger partial charge in [-0.2, -0.15) is 8.78 Å². The van der Waals surface area contributed by atoms with E-state index < -0.39 is 6.61 Å². The number of halogens is 3. The highest BCUT2D eigenvalue weighted by atomic mass is 19.3. The summed E-state index contributed by atoms with van der Waals surface area (Å²) in [6.45, 7) is -2.55. The molecule has 0 atom stereocenters. The number of anilines is 1. The van der Waals surface area contributed by atoms with Gasteiger partial charge in [-0.3, -0.25) is 4.79 Å². The molecule has 0 unspecified atom stereocenters. The quantitative estimate of drug-likeness (QED) is 0.822. The summed E-state index contributed by atoms with van der Waals surface area (Å²) in [5.41, 5.74) is 1.39. The van der Waals surface area contributed by atoms with Gasteiger partial charge in [-0.15, -0.1) is 0 Å². The summed E-state index contributed by atoms with van der Waals surface area (Å²) in [4.78, 5) is 11.7. The number of amides is 1. The Morgan fingerprint density at radius 1 is 1.04 bits per heavy atom. The highest BCUT2D eigenvalue weighted by molar-refractivity contribution is 5.80. The third kappa shape index (κ3) is 5.90. The summed E-state index contributed by atoms with van der Waals surface area (Å²) < 4.78 is 41.0. The minimum Gasteiger partial charge on any atom is -0.435 e. The molecular formula is C16H15F3N2O2. The van der Waals surface area contributed by atoms with E-state index >= 15 is 0 Å². The lowest BCUT2D eigenvalue weighted by Gasteiger charge is -2.09. The minimum atomic E-state index is -2.87. The lowest BCUT2D eigenvalue weighted by Crippen LogP contribution is -2.29. The van der Waals surface area contributed by atoms with Gasteiger partial charge in [0.1, 0.15) is 11.6 Å². The molecule has 2 aromatic rings. The second kappa shape index (κ2) is 8.07. The zero-order valence-corrected chi connectivity index (χ0v) is 12.1. The molecule has 0 saturated heterocycles. The Balaban J connectivity index is 1.74. The number of alkyl halides is 2. The molecule has 0 fully saturated rings. The first-order valence-electron chi connectivity index (χ1n) is 6.83. The van der Waals surface area contributed by atoms with Gasteiger partial charge in [0, 0.05) is 12.2 Å². The summed E-state index contributed by atoms with van der Waals surface area (Å²) in [6, 6.07) is 11.6. The second-order valence-corrected chi connectivity index (χ2v) is 4.66. The Morgan fingerprint density at radius 3 is 2.30 bits per heavy atom. The van der Waals surface area contributed by atoms with Crippen LogP contribution in [0.5, 0.6) is 5.75 Å². The maximum absolute atomic E-state index is 12.7. The summed E-state index contributed by atoms with van der Waals surface area (Å²) in [7, 11) is 0. The molecule has 0 heterocycles. The molecule has 0 aromatic heterocycles. The Morgan fingerprint density at radius 2 is 1.70 bits per heavy atom. The second-order valence-electron chi connectivity index (χ2n) is 4.66. The van der Waals surface area contributed by atoms with E-state index in [1.54, 1.807) is 12.1 Å². The molecule has 1 amide bonds. The van der Waals surface area contributed by atoms with Gasteiger partial charge in [0.25, 0.3) is 0 Å². The van der Waals surface area contributed by atoms with Crippen LogP contribution in [-0.2, 0) is 11.3 Å². The number of hydrogen-bond acceptors (Lipinski definition) is 3. The summed E-state index contributed by atoms with van der Waals surface area (Å²) in [6.07, 6.45) is 0. The van der Waals surface area contributed by atoms with Crippen molar-refractivity contribution in [2.24, 2.45) is 0 Å². The molecule has 0 spiro atoms. The highest BCUT2D eigenvalue weighted by Gasteiger charge is 2.05. The van der Waals surface area contributed by atoms with E-state index in [1.165, 1.54) is 36.4 Å². The molecule has 0 radical (unpaired) electrons. The fourth-order valence-electron chi connectivity index (χ4n) is 1.80. The molecule has 23 heavy (non-hydrogen) atoms. The van der Waals surface area contributed by atoms with Crippen LogP contribution in [0.2, 0.25) is 0 Å². The Labute approximate surface area is 131 Å². The van der Waals surface area contributed by atoms with Gasteiger partial charge in [-0.25, -0.2) is 4.39 Å². The highest BCUT2D eigenvalue weighted by Crippen LogP contribution is 2.17. The monoisotopic (exact) mass is 324 g/mol. The number of carbonyl (C=O) groups is 1. The van der Waals surface area contributed by atoms with Gasteiger partial charge < -0.3 is 15.4 Å². The molecule has 2 aromatic carbocycles. The number of benzene rings is 2. The van der Waals surface area contributed by atoms with Gasteiger partial charge in [0.15, 0.2) is 0 Å². The van der Waals surface area contributed by atoms with Gasteiger partial charge in [0.05, 0.1) is 6.54 Å². The van der Waals surface area contributed by atoms with Crippen molar-refractivity contribution in [3.05, 3.63) is 59.9 Å². The fourth-order valence-corrected chi connectivity index (χ4v) is 1.80. The SMILES string of the molecule is O=C(CNc1ccc(OC(F)F)cc1)NCc1ccc(F)cc1.